The maximum Gasteiger partial charge on any atom is 0.148 e. The molecule has 3 heteroatoms. The van der Waals surface area contributed by atoms with Gasteiger partial charge in [-0.25, -0.2) is 0 Å². The summed E-state index contributed by atoms with van der Waals surface area (Å²) in [5, 5.41) is 12.3. The molecule has 0 radical (unpaired) electrons. The second-order valence-corrected chi connectivity index (χ2v) is 7.68. The molecule has 4 aromatic rings. The molecule has 0 saturated heterocycles. The van der Waals surface area contributed by atoms with Gasteiger partial charge in [0.1, 0.15) is 17.1 Å². The highest BCUT2D eigenvalue weighted by Gasteiger charge is 2.43. The van der Waals surface area contributed by atoms with Gasteiger partial charge in [-0.3, -0.25) is 0 Å². The summed E-state index contributed by atoms with van der Waals surface area (Å²) in [6.07, 6.45) is 0. The lowest BCUT2D eigenvalue weighted by molar-refractivity contribution is 0.113. The summed E-state index contributed by atoms with van der Waals surface area (Å²) in [6.45, 7) is 0. The zero-order valence-corrected chi connectivity index (χ0v) is 16.6. The molecule has 0 atom stereocenters. The van der Waals surface area contributed by atoms with E-state index in [2.05, 4.69) is 22.0 Å². The standard InChI is InChI=1S/C25H17BrO2/c26-22-14-6-2-10-18(22)17-9-1-3-11-19(17)25(27)20-12-4-7-15-23(20)28-24-16-8-5-13-21(24)25/h1-16,27H. The van der Waals surface area contributed by atoms with Crippen LogP contribution in [0.2, 0.25) is 0 Å². The number of halogens is 1. The molecular formula is C25H17BrO2. The summed E-state index contributed by atoms with van der Waals surface area (Å²) in [5.74, 6) is 1.34. The van der Waals surface area contributed by atoms with Gasteiger partial charge >= 0.3 is 0 Å². The van der Waals surface area contributed by atoms with Crippen molar-refractivity contribution in [3.8, 4) is 22.6 Å². The molecule has 0 amide bonds. The molecule has 0 unspecified atom stereocenters. The molecule has 2 nitrogen and oxygen atoms in total. The molecule has 1 heterocycles. The highest BCUT2D eigenvalue weighted by molar-refractivity contribution is 9.10. The molecule has 1 aliphatic heterocycles. The Balaban J connectivity index is 1.85. The minimum absolute atomic E-state index is 0.672. The molecular weight excluding hydrogens is 412 g/mol. The maximum absolute atomic E-state index is 12.3. The molecule has 4 aromatic carbocycles. The SMILES string of the molecule is OC1(c2ccccc2-c2ccccc2Br)c2ccccc2Oc2ccccc21. The van der Waals surface area contributed by atoms with Crippen LogP contribution < -0.4 is 4.74 Å². The van der Waals surface area contributed by atoms with Gasteiger partial charge in [0.15, 0.2) is 0 Å². The van der Waals surface area contributed by atoms with Crippen LogP contribution in [0, 0.1) is 0 Å². The largest absolute Gasteiger partial charge is 0.457 e. The van der Waals surface area contributed by atoms with Crippen molar-refractivity contribution in [3.63, 3.8) is 0 Å². The van der Waals surface area contributed by atoms with Gasteiger partial charge in [-0.15, -0.1) is 0 Å². The van der Waals surface area contributed by atoms with Crippen molar-refractivity contribution >= 4 is 15.9 Å². The average Bonchev–Trinajstić information content (AvgIpc) is 2.74. The molecule has 136 valence electrons. The molecule has 0 aromatic heterocycles. The van der Waals surface area contributed by atoms with Crippen molar-refractivity contribution in [2.45, 2.75) is 5.60 Å². The fraction of sp³-hybridized carbons (Fsp3) is 0.0400. The van der Waals surface area contributed by atoms with E-state index in [1.54, 1.807) is 0 Å². The minimum Gasteiger partial charge on any atom is -0.457 e. The Morgan fingerprint density at radius 3 is 1.64 bits per heavy atom. The molecule has 0 bridgehead atoms. The quantitative estimate of drug-likeness (QED) is 0.394. The third-order valence-corrected chi connectivity index (χ3v) is 5.95. The number of hydrogen-bond acceptors (Lipinski definition) is 2. The predicted octanol–water partition coefficient (Wildman–Crippen LogP) is 6.51. The van der Waals surface area contributed by atoms with E-state index < -0.39 is 5.60 Å². The monoisotopic (exact) mass is 428 g/mol. The third-order valence-electron chi connectivity index (χ3n) is 5.25. The first-order chi connectivity index (χ1) is 13.7. The Labute approximate surface area is 172 Å². The Hall–Kier alpha value is -2.88. The van der Waals surface area contributed by atoms with Gasteiger partial charge in [0.05, 0.1) is 0 Å². The summed E-state index contributed by atoms with van der Waals surface area (Å²) >= 11 is 3.67. The molecule has 28 heavy (non-hydrogen) atoms. The van der Waals surface area contributed by atoms with Crippen molar-refractivity contribution in [3.05, 3.63) is 118 Å². The summed E-state index contributed by atoms with van der Waals surface area (Å²) in [5.41, 5.74) is 3.00. The van der Waals surface area contributed by atoms with E-state index in [4.69, 9.17) is 4.74 Å². The molecule has 0 fully saturated rings. The van der Waals surface area contributed by atoms with E-state index in [1.165, 1.54) is 0 Å². The van der Waals surface area contributed by atoms with Crippen LogP contribution in [-0.4, -0.2) is 5.11 Å². The molecule has 0 spiro atoms. The zero-order chi connectivity index (χ0) is 19.1. The number of fused-ring (bicyclic) bond motifs is 2. The molecule has 5 rings (SSSR count). The first-order valence-electron chi connectivity index (χ1n) is 9.13. The van der Waals surface area contributed by atoms with Gasteiger partial charge in [-0.2, -0.15) is 0 Å². The van der Waals surface area contributed by atoms with E-state index >= 15 is 0 Å². The lowest BCUT2D eigenvalue weighted by Crippen LogP contribution is -2.33. The van der Waals surface area contributed by atoms with Crippen molar-refractivity contribution in [2.24, 2.45) is 0 Å². The summed E-state index contributed by atoms with van der Waals surface area (Å²) in [4.78, 5) is 0. The van der Waals surface area contributed by atoms with Crippen LogP contribution in [0.1, 0.15) is 16.7 Å². The van der Waals surface area contributed by atoms with Crippen LogP contribution in [0.4, 0.5) is 0 Å². The number of para-hydroxylation sites is 2. The fourth-order valence-corrected chi connectivity index (χ4v) is 4.47. The second-order valence-electron chi connectivity index (χ2n) is 6.83. The second kappa shape index (κ2) is 6.62. The lowest BCUT2D eigenvalue weighted by atomic mass is 9.75. The summed E-state index contributed by atoms with van der Waals surface area (Å²) in [6, 6.07) is 31.5. The lowest BCUT2D eigenvalue weighted by Gasteiger charge is -2.37. The summed E-state index contributed by atoms with van der Waals surface area (Å²) < 4.78 is 7.08. The highest BCUT2D eigenvalue weighted by atomic mass is 79.9. The van der Waals surface area contributed by atoms with E-state index in [-0.39, 0.29) is 0 Å². The van der Waals surface area contributed by atoms with E-state index in [9.17, 15) is 5.11 Å². The number of rotatable bonds is 2. The fourth-order valence-electron chi connectivity index (χ4n) is 3.98. The van der Waals surface area contributed by atoms with Crippen LogP contribution >= 0.6 is 15.9 Å². The van der Waals surface area contributed by atoms with Crippen molar-refractivity contribution < 1.29 is 9.84 Å². The average molecular weight is 429 g/mol. The van der Waals surface area contributed by atoms with Crippen LogP contribution in [0.3, 0.4) is 0 Å². The van der Waals surface area contributed by atoms with Gasteiger partial charge in [0.25, 0.3) is 0 Å². The maximum atomic E-state index is 12.3. The van der Waals surface area contributed by atoms with Gasteiger partial charge in [0, 0.05) is 21.2 Å². The Bertz CT molecular complexity index is 1140. The zero-order valence-electron chi connectivity index (χ0n) is 15.0. The molecule has 1 aliphatic rings. The number of benzene rings is 4. The van der Waals surface area contributed by atoms with Gasteiger partial charge in [0.2, 0.25) is 0 Å². The van der Waals surface area contributed by atoms with E-state index in [0.29, 0.717) is 11.5 Å². The van der Waals surface area contributed by atoms with Gasteiger partial charge in [-0.1, -0.05) is 94.8 Å². The Kier molecular flexibility index (Phi) is 4.08. The first kappa shape index (κ1) is 17.2. The van der Waals surface area contributed by atoms with Crippen LogP contribution in [0.25, 0.3) is 11.1 Å². The molecule has 0 aliphatic carbocycles. The van der Waals surface area contributed by atoms with Gasteiger partial charge < -0.3 is 9.84 Å². The van der Waals surface area contributed by atoms with Crippen molar-refractivity contribution in [2.75, 3.05) is 0 Å². The topological polar surface area (TPSA) is 29.5 Å². The van der Waals surface area contributed by atoms with Crippen molar-refractivity contribution in [1.82, 2.24) is 0 Å². The predicted molar refractivity (Wildman–Crippen MR) is 115 cm³/mol. The van der Waals surface area contributed by atoms with E-state index in [1.807, 2.05) is 91.0 Å². The normalized spacial score (nSPS) is 13.9. The van der Waals surface area contributed by atoms with Crippen molar-refractivity contribution in [1.29, 1.82) is 0 Å². The van der Waals surface area contributed by atoms with E-state index in [0.717, 1.165) is 32.3 Å². The Morgan fingerprint density at radius 1 is 0.571 bits per heavy atom. The number of ether oxygens (including phenoxy) is 1. The molecule has 1 N–H and O–H groups in total. The van der Waals surface area contributed by atoms with Crippen LogP contribution in [0.15, 0.2) is 102 Å². The number of hydrogen-bond donors (Lipinski definition) is 1. The van der Waals surface area contributed by atoms with Gasteiger partial charge in [-0.05, 0) is 29.3 Å². The molecule has 0 saturated carbocycles. The third kappa shape index (κ3) is 2.51. The van der Waals surface area contributed by atoms with Crippen LogP contribution in [-0.2, 0) is 5.60 Å². The summed E-state index contributed by atoms with van der Waals surface area (Å²) in [7, 11) is 0. The first-order valence-corrected chi connectivity index (χ1v) is 9.92. The minimum atomic E-state index is -1.32. The highest BCUT2D eigenvalue weighted by Crippen LogP contribution is 2.52. The number of aliphatic hydroxyl groups is 1. The smallest absolute Gasteiger partial charge is 0.148 e. The van der Waals surface area contributed by atoms with Crippen LogP contribution in [0.5, 0.6) is 11.5 Å². The Morgan fingerprint density at radius 2 is 1.04 bits per heavy atom.